The van der Waals surface area contributed by atoms with Gasteiger partial charge in [0.2, 0.25) is 0 Å². The molecule has 0 aromatic heterocycles. The molecule has 2 aromatic carbocycles. The Morgan fingerprint density at radius 3 is 2.58 bits per heavy atom. The van der Waals surface area contributed by atoms with Crippen molar-refractivity contribution in [1.82, 2.24) is 4.90 Å². The number of carbonyl (C=O) groups is 1. The number of anilines is 1. The van der Waals surface area contributed by atoms with Gasteiger partial charge in [0.15, 0.2) is 0 Å². The van der Waals surface area contributed by atoms with Crippen molar-refractivity contribution < 1.29 is 14.3 Å². The zero-order valence-electron chi connectivity index (χ0n) is 13.7. The molecule has 1 unspecified atom stereocenters. The molecule has 1 saturated heterocycles. The smallest absolute Gasteiger partial charge is 0.411 e. The molecule has 1 aliphatic rings. The Morgan fingerprint density at radius 2 is 1.96 bits per heavy atom. The van der Waals surface area contributed by atoms with Crippen molar-refractivity contribution in [3.63, 3.8) is 0 Å². The Labute approximate surface area is 141 Å². The second kappa shape index (κ2) is 7.01. The SMILES string of the molecule is CN1CCCC1CN(C(=O)O)c1ccccc1-c1ccc(F)cc1. The molecule has 3 rings (SSSR count). The summed E-state index contributed by atoms with van der Waals surface area (Å²) in [5, 5.41) is 9.74. The van der Waals surface area contributed by atoms with Crippen molar-refractivity contribution in [2.45, 2.75) is 18.9 Å². The molecule has 0 aliphatic carbocycles. The average Bonchev–Trinajstić information content (AvgIpc) is 2.98. The predicted octanol–water partition coefficient (Wildman–Crippen LogP) is 4.07. The summed E-state index contributed by atoms with van der Waals surface area (Å²) in [5.41, 5.74) is 2.23. The number of hydrogen-bond donors (Lipinski definition) is 1. The van der Waals surface area contributed by atoms with Gasteiger partial charge in [-0.1, -0.05) is 30.3 Å². The van der Waals surface area contributed by atoms with Crippen LogP contribution in [0.5, 0.6) is 0 Å². The highest BCUT2D eigenvalue weighted by Crippen LogP contribution is 2.32. The number of rotatable bonds is 4. The molecule has 0 radical (unpaired) electrons. The number of benzene rings is 2. The Kier molecular flexibility index (Phi) is 4.81. The van der Waals surface area contributed by atoms with E-state index in [1.807, 2.05) is 31.3 Å². The van der Waals surface area contributed by atoms with E-state index in [0.29, 0.717) is 12.2 Å². The Hall–Kier alpha value is -2.40. The molecule has 1 atom stereocenters. The molecule has 24 heavy (non-hydrogen) atoms. The highest BCUT2D eigenvalue weighted by atomic mass is 19.1. The Morgan fingerprint density at radius 1 is 1.25 bits per heavy atom. The summed E-state index contributed by atoms with van der Waals surface area (Å²) in [6, 6.07) is 13.7. The van der Waals surface area contributed by atoms with Crippen LogP contribution in [0.15, 0.2) is 48.5 Å². The van der Waals surface area contributed by atoms with Gasteiger partial charge in [-0.25, -0.2) is 9.18 Å². The van der Waals surface area contributed by atoms with Crippen molar-refractivity contribution in [2.75, 3.05) is 25.0 Å². The minimum absolute atomic E-state index is 0.224. The van der Waals surface area contributed by atoms with Gasteiger partial charge >= 0.3 is 6.09 Å². The maximum Gasteiger partial charge on any atom is 0.411 e. The lowest BCUT2D eigenvalue weighted by atomic mass is 10.0. The monoisotopic (exact) mass is 328 g/mol. The zero-order chi connectivity index (χ0) is 17.1. The Balaban J connectivity index is 1.96. The van der Waals surface area contributed by atoms with Crippen LogP contribution in [-0.4, -0.2) is 42.3 Å². The largest absolute Gasteiger partial charge is 0.465 e. The van der Waals surface area contributed by atoms with Gasteiger partial charge in [0.25, 0.3) is 0 Å². The van der Waals surface area contributed by atoms with Crippen LogP contribution in [0.1, 0.15) is 12.8 Å². The van der Waals surface area contributed by atoms with Crippen molar-refractivity contribution in [3.05, 3.63) is 54.3 Å². The lowest BCUT2D eigenvalue weighted by Crippen LogP contribution is -2.41. The second-order valence-corrected chi connectivity index (χ2v) is 6.19. The summed E-state index contributed by atoms with van der Waals surface area (Å²) >= 11 is 0. The number of likely N-dealkylation sites (N-methyl/N-ethyl adjacent to an activating group) is 1. The lowest BCUT2D eigenvalue weighted by molar-refractivity contribution is 0.198. The van der Waals surface area contributed by atoms with Crippen molar-refractivity contribution in [3.8, 4) is 11.1 Å². The minimum Gasteiger partial charge on any atom is -0.465 e. The first-order valence-corrected chi connectivity index (χ1v) is 8.12. The van der Waals surface area contributed by atoms with Crippen LogP contribution in [0, 0.1) is 5.82 Å². The summed E-state index contributed by atoms with van der Waals surface area (Å²) in [6.07, 6.45) is 1.12. The third kappa shape index (κ3) is 3.41. The van der Waals surface area contributed by atoms with Crippen LogP contribution in [0.3, 0.4) is 0 Å². The maximum absolute atomic E-state index is 13.2. The van der Waals surface area contributed by atoms with Gasteiger partial charge in [0.05, 0.1) is 5.69 Å². The van der Waals surface area contributed by atoms with Gasteiger partial charge in [0.1, 0.15) is 5.82 Å². The molecule has 5 heteroatoms. The minimum atomic E-state index is -0.968. The fourth-order valence-corrected chi connectivity index (χ4v) is 3.28. The van der Waals surface area contributed by atoms with Crippen LogP contribution in [0.4, 0.5) is 14.9 Å². The number of para-hydroxylation sites is 1. The molecular formula is C19H21FN2O2. The molecular weight excluding hydrogens is 307 g/mol. The van der Waals surface area contributed by atoms with Crippen LogP contribution in [0.25, 0.3) is 11.1 Å². The zero-order valence-corrected chi connectivity index (χ0v) is 13.7. The molecule has 0 spiro atoms. The van der Waals surface area contributed by atoms with E-state index < -0.39 is 6.09 Å². The third-order valence-electron chi connectivity index (χ3n) is 4.65. The summed E-state index contributed by atoms with van der Waals surface area (Å²) in [7, 11) is 2.03. The molecule has 1 heterocycles. The highest BCUT2D eigenvalue weighted by molar-refractivity contribution is 5.92. The average molecular weight is 328 g/mol. The molecule has 1 amide bonds. The molecule has 4 nitrogen and oxygen atoms in total. The van der Waals surface area contributed by atoms with Gasteiger partial charge in [0, 0.05) is 18.2 Å². The van der Waals surface area contributed by atoms with Crippen molar-refractivity contribution >= 4 is 11.8 Å². The lowest BCUT2D eigenvalue weighted by Gasteiger charge is -2.28. The summed E-state index contributed by atoms with van der Waals surface area (Å²) in [6.45, 7) is 1.43. The standard InChI is InChI=1S/C19H21FN2O2/c1-21-12-4-5-16(21)13-22(19(23)24)18-7-3-2-6-17(18)14-8-10-15(20)11-9-14/h2-3,6-11,16H,4-5,12-13H2,1H3,(H,23,24). The summed E-state index contributed by atoms with van der Waals surface area (Å²) < 4.78 is 13.2. The van der Waals surface area contributed by atoms with E-state index >= 15 is 0 Å². The van der Waals surface area contributed by atoms with Gasteiger partial charge < -0.3 is 10.0 Å². The molecule has 0 bridgehead atoms. The normalized spacial score (nSPS) is 17.8. The van der Waals surface area contributed by atoms with E-state index in [9.17, 15) is 14.3 Å². The number of halogens is 1. The number of likely N-dealkylation sites (tertiary alicyclic amines) is 1. The van der Waals surface area contributed by atoms with Crippen LogP contribution in [0.2, 0.25) is 0 Å². The topological polar surface area (TPSA) is 43.8 Å². The van der Waals surface area contributed by atoms with Crippen LogP contribution < -0.4 is 4.90 Å². The summed E-state index contributed by atoms with van der Waals surface area (Å²) in [4.78, 5) is 15.5. The van der Waals surface area contributed by atoms with Gasteiger partial charge in [-0.15, -0.1) is 0 Å². The Bertz CT molecular complexity index is 718. The quantitative estimate of drug-likeness (QED) is 0.920. The van der Waals surface area contributed by atoms with Crippen molar-refractivity contribution in [2.24, 2.45) is 0 Å². The number of carboxylic acid groups (broad SMARTS) is 1. The predicted molar refractivity (Wildman–Crippen MR) is 92.9 cm³/mol. The first kappa shape index (κ1) is 16.5. The van der Waals surface area contributed by atoms with Gasteiger partial charge in [-0.3, -0.25) is 4.90 Å². The number of hydrogen-bond acceptors (Lipinski definition) is 2. The maximum atomic E-state index is 13.2. The van der Waals surface area contributed by atoms with E-state index in [4.69, 9.17) is 0 Å². The number of nitrogens with zero attached hydrogens (tertiary/aromatic N) is 2. The first-order valence-electron chi connectivity index (χ1n) is 8.12. The first-order chi connectivity index (χ1) is 11.6. The van der Waals surface area contributed by atoms with E-state index in [1.165, 1.54) is 17.0 Å². The van der Waals surface area contributed by atoms with Gasteiger partial charge in [-0.2, -0.15) is 0 Å². The molecule has 126 valence electrons. The van der Waals surface area contributed by atoms with Crippen LogP contribution >= 0.6 is 0 Å². The molecule has 1 fully saturated rings. The fourth-order valence-electron chi connectivity index (χ4n) is 3.28. The van der Waals surface area contributed by atoms with Crippen LogP contribution in [-0.2, 0) is 0 Å². The van der Waals surface area contributed by atoms with E-state index in [1.54, 1.807) is 12.1 Å². The van der Waals surface area contributed by atoms with E-state index in [2.05, 4.69) is 4.90 Å². The molecule has 1 N–H and O–H groups in total. The van der Waals surface area contributed by atoms with E-state index in [-0.39, 0.29) is 11.9 Å². The number of amides is 1. The second-order valence-electron chi connectivity index (χ2n) is 6.19. The third-order valence-corrected chi connectivity index (χ3v) is 4.65. The van der Waals surface area contributed by atoms with Gasteiger partial charge in [-0.05, 0) is 50.2 Å². The molecule has 0 saturated carbocycles. The highest BCUT2D eigenvalue weighted by Gasteiger charge is 2.27. The fraction of sp³-hybridized carbons (Fsp3) is 0.316. The molecule has 2 aromatic rings. The van der Waals surface area contributed by atoms with E-state index in [0.717, 1.165) is 30.5 Å². The summed E-state index contributed by atoms with van der Waals surface area (Å²) in [5.74, 6) is -0.307. The van der Waals surface area contributed by atoms with Crippen molar-refractivity contribution in [1.29, 1.82) is 0 Å². The molecule has 1 aliphatic heterocycles.